The minimum Gasteiger partial charge on any atom is -0.443 e. The lowest BCUT2D eigenvalue weighted by Crippen LogP contribution is -2.37. The van der Waals surface area contributed by atoms with E-state index in [-0.39, 0.29) is 23.5 Å². The van der Waals surface area contributed by atoms with Crippen molar-refractivity contribution in [2.24, 2.45) is 5.18 Å². The minimum atomic E-state index is -1.38. The Balaban J connectivity index is 1.96. The van der Waals surface area contributed by atoms with E-state index in [1.807, 2.05) is 30.3 Å². The van der Waals surface area contributed by atoms with Crippen LogP contribution in [0.5, 0.6) is 0 Å². The number of ether oxygens (including phenoxy) is 1. The first-order valence-electron chi connectivity index (χ1n) is 10.3. The van der Waals surface area contributed by atoms with Crippen LogP contribution < -0.4 is 4.90 Å². The molecule has 0 saturated heterocycles. The standard InChI is InChI=1S/C25H24FN3O4/c1-25(2,3)33-24(31)29(16-17-7-5-4-6-8-17)21-15-19(13-14-27-21)22(28-32)23(30)18-9-11-20(26)12-10-18/h4-15,22H,16H2,1-3H3. The third-order valence-electron chi connectivity index (χ3n) is 4.64. The summed E-state index contributed by atoms with van der Waals surface area (Å²) in [5, 5.41) is 2.99. The van der Waals surface area contributed by atoms with Crippen molar-refractivity contribution in [2.75, 3.05) is 4.90 Å². The largest absolute Gasteiger partial charge is 0.443 e. The Labute approximate surface area is 191 Å². The predicted octanol–water partition coefficient (Wildman–Crippen LogP) is 5.85. The van der Waals surface area contributed by atoms with Gasteiger partial charge in [0.1, 0.15) is 17.2 Å². The molecule has 0 spiro atoms. The molecule has 1 aromatic heterocycles. The molecule has 170 valence electrons. The maximum absolute atomic E-state index is 13.2. The van der Waals surface area contributed by atoms with Crippen LogP contribution in [0.25, 0.3) is 0 Å². The third-order valence-corrected chi connectivity index (χ3v) is 4.64. The van der Waals surface area contributed by atoms with Crippen molar-refractivity contribution in [1.29, 1.82) is 0 Å². The third kappa shape index (κ3) is 6.29. The normalized spacial score (nSPS) is 12.0. The lowest BCUT2D eigenvalue weighted by molar-refractivity contribution is 0.0576. The summed E-state index contributed by atoms with van der Waals surface area (Å²) >= 11 is 0. The minimum absolute atomic E-state index is 0.146. The highest BCUT2D eigenvalue weighted by Crippen LogP contribution is 2.27. The van der Waals surface area contributed by atoms with Gasteiger partial charge >= 0.3 is 6.09 Å². The Hall–Kier alpha value is -3.94. The number of pyridine rings is 1. The topological polar surface area (TPSA) is 88.9 Å². The second kappa shape index (κ2) is 10.1. The molecule has 0 saturated carbocycles. The van der Waals surface area contributed by atoms with Gasteiger partial charge in [-0.2, -0.15) is 0 Å². The average Bonchev–Trinajstić information content (AvgIpc) is 2.78. The summed E-state index contributed by atoms with van der Waals surface area (Å²) in [6.07, 6.45) is 0.764. The number of ketones is 1. The SMILES string of the molecule is CC(C)(C)OC(=O)N(Cc1ccccc1)c1cc(C(N=O)C(=O)c2ccc(F)cc2)ccn1. The molecule has 2 aromatic carbocycles. The zero-order valence-electron chi connectivity index (χ0n) is 18.6. The van der Waals surface area contributed by atoms with Gasteiger partial charge in [0.2, 0.25) is 0 Å². The number of rotatable bonds is 7. The van der Waals surface area contributed by atoms with E-state index in [2.05, 4.69) is 10.2 Å². The molecule has 0 radical (unpaired) electrons. The van der Waals surface area contributed by atoms with Gasteiger partial charge in [-0.25, -0.2) is 14.2 Å². The number of aromatic nitrogens is 1. The second-order valence-electron chi connectivity index (χ2n) is 8.38. The summed E-state index contributed by atoms with van der Waals surface area (Å²) in [6.45, 7) is 5.42. The van der Waals surface area contributed by atoms with Crippen LogP contribution in [0.4, 0.5) is 15.0 Å². The average molecular weight is 449 g/mol. The van der Waals surface area contributed by atoms with E-state index in [0.29, 0.717) is 0 Å². The van der Waals surface area contributed by atoms with Gasteiger partial charge in [-0.1, -0.05) is 35.5 Å². The quantitative estimate of drug-likeness (QED) is 0.333. The summed E-state index contributed by atoms with van der Waals surface area (Å²) < 4.78 is 18.8. The highest BCUT2D eigenvalue weighted by Gasteiger charge is 2.28. The molecule has 1 amide bonds. The van der Waals surface area contributed by atoms with Gasteiger partial charge in [0.25, 0.3) is 0 Å². The summed E-state index contributed by atoms with van der Waals surface area (Å²) in [6, 6.07) is 15.7. The van der Waals surface area contributed by atoms with Crippen molar-refractivity contribution in [1.82, 2.24) is 4.98 Å². The van der Waals surface area contributed by atoms with Crippen LogP contribution in [-0.2, 0) is 11.3 Å². The van der Waals surface area contributed by atoms with Gasteiger partial charge in [-0.05, 0) is 68.3 Å². The number of halogens is 1. The van der Waals surface area contributed by atoms with Gasteiger partial charge in [-0.3, -0.25) is 9.69 Å². The monoisotopic (exact) mass is 449 g/mol. The Morgan fingerprint density at radius 2 is 1.73 bits per heavy atom. The first-order chi connectivity index (χ1) is 15.7. The first kappa shape index (κ1) is 23.7. The lowest BCUT2D eigenvalue weighted by Gasteiger charge is -2.27. The molecule has 7 nitrogen and oxygen atoms in total. The van der Waals surface area contributed by atoms with E-state index in [1.165, 1.54) is 35.4 Å². The van der Waals surface area contributed by atoms with Crippen molar-refractivity contribution in [2.45, 2.75) is 39.0 Å². The molecular weight excluding hydrogens is 425 g/mol. The molecule has 0 aliphatic rings. The maximum Gasteiger partial charge on any atom is 0.416 e. The molecule has 1 unspecified atom stereocenters. The molecule has 1 atom stereocenters. The zero-order valence-corrected chi connectivity index (χ0v) is 18.6. The number of nitroso groups, excluding NO2 is 1. The second-order valence-corrected chi connectivity index (χ2v) is 8.38. The molecule has 33 heavy (non-hydrogen) atoms. The summed E-state index contributed by atoms with van der Waals surface area (Å²) in [5.74, 6) is -0.887. The molecular formula is C25H24FN3O4. The number of carbonyl (C=O) groups excluding carboxylic acids is 2. The van der Waals surface area contributed by atoms with Gasteiger partial charge in [0.05, 0.1) is 6.54 Å². The Morgan fingerprint density at radius 1 is 1.06 bits per heavy atom. The van der Waals surface area contributed by atoms with E-state index >= 15 is 0 Å². The smallest absolute Gasteiger partial charge is 0.416 e. The van der Waals surface area contributed by atoms with Gasteiger partial charge < -0.3 is 4.74 Å². The summed E-state index contributed by atoms with van der Waals surface area (Å²) in [5.41, 5.74) is 0.497. The van der Waals surface area contributed by atoms with Crippen LogP contribution >= 0.6 is 0 Å². The van der Waals surface area contributed by atoms with Crippen molar-refractivity contribution in [3.8, 4) is 0 Å². The summed E-state index contributed by atoms with van der Waals surface area (Å²) in [7, 11) is 0. The van der Waals surface area contributed by atoms with Gasteiger partial charge in [-0.15, -0.1) is 4.91 Å². The van der Waals surface area contributed by atoms with Crippen LogP contribution in [0.15, 0.2) is 78.1 Å². The molecule has 8 heteroatoms. The molecule has 1 heterocycles. The summed E-state index contributed by atoms with van der Waals surface area (Å²) in [4.78, 5) is 43.0. The van der Waals surface area contributed by atoms with Gasteiger partial charge in [0, 0.05) is 11.8 Å². The molecule has 3 rings (SSSR count). The van der Waals surface area contributed by atoms with E-state index < -0.39 is 29.3 Å². The Bertz CT molecular complexity index is 1130. The molecule has 3 aromatic rings. The number of carbonyl (C=O) groups is 2. The predicted molar refractivity (Wildman–Crippen MR) is 122 cm³/mol. The molecule has 0 aliphatic carbocycles. The van der Waals surface area contributed by atoms with Crippen molar-refractivity contribution in [3.63, 3.8) is 0 Å². The van der Waals surface area contributed by atoms with E-state index in [1.54, 1.807) is 20.8 Å². The number of nitrogens with zero attached hydrogens (tertiary/aromatic N) is 3. The van der Waals surface area contributed by atoms with Gasteiger partial charge in [0.15, 0.2) is 11.8 Å². The molecule has 0 fully saturated rings. The fourth-order valence-electron chi connectivity index (χ4n) is 3.11. The van der Waals surface area contributed by atoms with Crippen molar-refractivity contribution >= 4 is 17.7 Å². The number of anilines is 1. The number of benzene rings is 2. The fourth-order valence-corrected chi connectivity index (χ4v) is 3.11. The zero-order chi connectivity index (χ0) is 24.0. The fraction of sp³-hybridized carbons (Fsp3) is 0.240. The van der Waals surface area contributed by atoms with E-state index in [0.717, 1.165) is 17.7 Å². The maximum atomic E-state index is 13.2. The number of hydrogen-bond acceptors (Lipinski definition) is 6. The molecule has 0 N–H and O–H groups in total. The van der Waals surface area contributed by atoms with Crippen LogP contribution in [0, 0.1) is 10.7 Å². The highest BCUT2D eigenvalue weighted by atomic mass is 19.1. The Kier molecular flexibility index (Phi) is 7.27. The van der Waals surface area contributed by atoms with Crippen molar-refractivity contribution in [3.05, 3.63) is 100 Å². The van der Waals surface area contributed by atoms with E-state index in [9.17, 15) is 18.9 Å². The van der Waals surface area contributed by atoms with Crippen LogP contribution in [-0.4, -0.2) is 22.5 Å². The lowest BCUT2D eigenvalue weighted by atomic mass is 9.98. The number of Topliss-reactive ketones (excluding diaryl/α,β-unsaturated/α-hetero) is 1. The Morgan fingerprint density at radius 3 is 2.33 bits per heavy atom. The highest BCUT2D eigenvalue weighted by molar-refractivity contribution is 6.01. The number of amides is 1. The van der Waals surface area contributed by atoms with Crippen molar-refractivity contribution < 1.29 is 18.7 Å². The molecule has 0 bridgehead atoms. The van der Waals surface area contributed by atoms with Crippen LogP contribution in [0.1, 0.15) is 48.3 Å². The van der Waals surface area contributed by atoms with Crippen LogP contribution in [0.3, 0.4) is 0 Å². The molecule has 0 aliphatic heterocycles. The van der Waals surface area contributed by atoms with E-state index in [4.69, 9.17) is 4.74 Å². The number of hydrogen-bond donors (Lipinski definition) is 0. The first-order valence-corrected chi connectivity index (χ1v) is 10.3. The van der Waals surface area contributed by atoms with Crippen LogP contribution in [0.2, 0.25) is 0 Å².